The lowest BCUT2D eigenvalue weighted by Gasteiger charge is -2.30. The quantitative estimate of drug-likeness (QED) is 0.794. The highest BCUT2D eigenvalue weighted by Gasteiger charge is 2.27. The molecule has 1 amide bonds. The van der Waals surface area contributed by atoms with E-state index in [1.54, 1.807) is 0 Å². The molecular weight excluding hydrogens is 252 g/mol. The lowest BCUT2D eigenvalue weighted by atomic mass is 10.2. The molecule has 0 spiro atoms. The van der Waals surface area contributed by atoms with Gasteiger partial charge >= 0.3 is 0 Å². The zero-order valence-electron chi connectivity index (χ0n) is 12.9. The van der Waals surface area contributed by atoms with Crippen LogP contribution in [0.4, 0.5) is 0 Å². The molecule has 20 heavy (non-hydrogen) atoms. The van der Waals surface area contributed by atoms with Crippen LogP contribution in [0.3, 0.4) is 0 Å². The number of aryl methyl sites for hydroxylation is 1. The Kier molecular flexibility index (Phi) is 5.17. The number of likely N-dealkylation sites (tertiary alicyclic amines) is 1. The minimum atomic E-state index is -0.0650. The molecule has 1 fully saturated rings. The van der Waals surface area contributed by atoms with E-state index in [0.29, 0.717) is 0 Å². The van der Waals surface area contributed by atoms with Crippen LogP contribution < -0.4 is 0 Å². The summed E-state index contributed by atoms with van der Waals surface area (Å²) in [5.41, 5.74) is 0. The summed E-state index contributed by atoms with van der Waals surface area (Å²) in [5, 5.41) is 0. The molecule has 0 radical (unpaired) electrons. The van der Waals surface area contributed by atoms with Crippen LogP contribution in [0, 0.1) is 0 Å². The van der Waals surface area contributed by atoms with Crippen molar-refractivity contribution >= 4 is 5.91 Å². The van der Waals surface area contributed by atoms with Crippen LogP contribution in [0.25, 0.3) is 0 Å². The maximum absolute atomic E-state index is 12.5. The maximum atomic E-state index is 12.5. The summed E-state index contributed by atoms with van der Waals surface area (Å²) >= 11 is 0. The van der Waals surface area contributed by atoms with E-state index in [1.165, 1.54) is 0 Å². The van der Waals surface area contributed by atoms with Crippen LogP contribution >= 0.6 is 0 Å². The smallest absolute Gasteiger partial charge is 0.239 e. The van der Waals surface area contributed by atoms with Gasteiger partial charge in [-0.05, 0) is 32.7 Å². The standard InChI is InChI=1S/C15H26N4O/c1-4-8-19(12-14-16-7-11-17(14)3)13(2)15(20)18-9-5-6-10-18/h7,11,13H,4-6,8-10,12H2,1-3H3/t13-/m1/s1. The molecule has 2 heterocycles. The Morgan fingerprint density at radius 3 is 2.70 bits per heavy atom. The second-order valence-corrected chi connectivity index (χ2v) is 5.63. The third-order valence-electron chi connectivity index (χ3n) is 4.10. The van der Waals surface area contributed by atoms with Gasteiger partial charge in [-0.3, -0.25) is 9.69 Å². The Bertz CT molecular complexity index is 437. The summed E-state index contributed by atoms with van der Waals surface area (Å²) in [6.07, 6.45) is 7.10. The monoisotopic (exact) mass is 278 g/mol. The van der Waals surface area contributed by atoms with Crippen LogP contribution in [-0.2, 0) is 18.4 Å². The van der Waals surface area contributed by atoms with Crippen molar-refractivity contribution in [3.63, 3.8) is 0 Å². The van der Waals surface area contributed by atoms with Crippen molar-refractivity contribution < 1.29 is 4.79 Å². The third-order valence-corrected chi connectivity index (χ3v) is 4.10. The van der Waals surface area contributed by atoms with Crippen LogP contribution in [0.1, 0.15) is 38.9 Å². The van der Waals surface area contributed by atoms with E-state index < -0.39 is 0 Å². The minimum absolute atomic E-state index is 0.0650. The first-order chi connectivity index (χ1) is 9.63. The Morgan fingerprint density at radius 1 is 1.45 bits per heavy atom. The number of amides is 1. The number of imidazole rings is 1. The Hall–Kier alpha value is -1.36. The number of carbonyl (C=O) groups excluding carboxylic acids is 1. The van der Waals surface area contributed by atoms with Gasteiger partial charge in [0.1, 0.15) is 5.82 Å². The lowest BCUT2D eigenvalue weighted by Crippen LogP contribution is -2.46. The zero-order chi connectivity index (χ0) is 14.5. The third kappa shape index (κ3) is 3.39. The lowest BCUT2D eigenvalue weighted by molar-refractivity contribution is -0.135. The van der Waals surface area contributed by atoms with Crippen LogP contribution in [-0.4, -0.2) is 50.9 Å². The van der Waals surface area contributed by atoms with Gasteiger partial charge < -0.3 is 9.47 Å². The highest BCUT2D eigenvalue weighted by molar-refractivity contribution is 5.81. The predicted octanol–water partition coefficient (Wildman–Crippen LogP) is 1.64. The fourth-order valence-electron chi connectivity index (χ4n) is 2.79. The molecule has 0 bridgehead atoms. The number of nitrogens with zero attached hydrogens (tertiary/aromatic N) is 4. The van der Waals surface area contributed by atoms with Gasteiger partial charge in [-0.25, -0.2) is 4.98 Å². The summed E-state index contributed by atoms with van der Waals surface area (Å²) in [6.45, 7) is 7.68. The largest absolute Gasteiger partial charge is 0.341 e. The summed E-state index contributed by atoms with van der Waals surface area (Å²) in [6, 6.07) is -0.0650. The second kappa shape index (κ2) is 6.88. The molecule has 0 aliphatic carbocycles. The van der Waals surface area contributed by atoms with E-state index in [1.807, 2.05) is 35.8 Å². The van der Waals surface area contributed by atoms with Gasteiger partial charge in [0.25, 0.3) is 0 Å². The molecule has 0 N–H and O–H groups in total. The molecule has 0 unspecified atom stereocenters. The molecule has 1 atom stereocenters. The number of hydrogen-bond acceptors (Lipinski definition) is 3. The van der Waals surface area contributed by atoms with E-state index in [-0.39, 0.29) is 11.9 Å². The molecule has 5 nitrogen and oxygen atoms in total. The Balaban J connectivity index is 2.03. The molecule has 1 aliphatic rings. The van der Waals surface area contributed by atoms with Crippen molar-refractivity contribution in [2.45, 2.75) is 45.7 Å². The highest BCUT2D eigenvalue weighted by Crippen LogP contribution is 2.14. The van der Waals surface area contributed by atoms with Crippen LogP contribution in [0.15, 0.2) is 12.4 Å². The topological polar surface area (TPSA) is 41.4 Å². The first kappa shape index (κ1) is 15.0. The molecule has 0 aromatic carbocycles. The van der Waals surface area contributed by atoms with E-state index in [0.717, 1.165) is 51.3 Å². The molecular formula is C15H26N4O. The summed E-state index contributed by atoms with van der Waals surface area (Å²) in [7, 11) is 2.00. The van der Waals surface area contributed by atoms with E-state index >= 15 is 0 Å². The molecule has 1 aliphatic heterocycles. The Morgan fingerprint density at radius 2 is 2.15 bits per heavy atom. The van der Waals surface area contributed by atoms with Gasteiger partial charge in [0, 0.05) is 32.5 Å². The van der Waals surface area contributed by atoms with Crippen molar-refractivity contribution in [3.8, 4) is 0 Å². The molecule has 1 saturated heterocycles. The van der Waals surface area contributed by atoms with E-state index in [4.69, 9.17) is 0 Å². The average molecular weight is 278 g/mol. The van der Waals surface area contributed by atoms with Crippen molar-refractivity contribution in [1.82, 2.24) is 19.4 Å². The predicted molar refractivity (Wildman–Crippen MR) is 79.2 cm³/mol. The minimum Gasteiger partial charge on any atom is -0.341 e. The van der Waals surface area contributed by atoms with Crippen molar-refractivity contribution in [1.29, 1.82) is 0 Å². The first-order valence-corrected chi connectivity index (χ1v) is 7.62. The van der Waals surface area contributed by atoms with E-state index in [9.17, 15) is 4.79 Å². The van der Waals surface area contributed by atoms with Gasteiger partial charge in [0.15, 0.2) is 0 Å². The number of rotatable bonds is 6. The van der Waals surface area contributed by atoms with Crippen LogP contribution in [0.5, 0.6) is 0 Å². The molecule has 112 valence electrons. The number of hydrogen-bond donors (Lipinski definition) is 0. The van der Waals surface area contributed by atoms with E-state index in [2.05, 4.69) is 16.8 Å². The normalized spacial score (nSPS) is 16.9. The molecule has 0 saturated carbocycles. The van der Waals surface area contributed by atoms with Crippen molar-refractivity contribution in [2.24, 2.45) is 7.05 Å². The number of aromatic nitrogens is 2. The van der Waals surface area contributed by atoms with Crippen LogP contribution in [0.2, 0.25) is 0 Å². The first-order valence-electron chi connectivity index (χ1n) is 7.62. The van der Waals surface area contributed by atoms with Gasteiger partial charge in [-0.2, -0.15) is 0 Å². The SMILES string of the molecule is CCCN(Cc1nccn1C)[C@H](C)C(=O)N1CCCC1. The fourth-order valence-corrected chi connectivity index (χ4v) is 2.79. The average Bonchev–Trinajstić information content (AvgIpc) is 3.09. The molecule has 1 aromatic rings. The number of carbonyl (C=O) groups is 1. The van der Waals surface area contributed by atoms with Gasteiger partial charge in [-0.15, -0.1) is 0 Å². The molecule has 5 heteroatoms. The molecule has 1 aromatic heterocycles. The van der Waals surface area contributed by atoms with Crippen molar-refractivity contribution in [3.05, 3.63) is 18.2 Å². The summed E-state index contributed by atoms with van der Waals surface area (Å²) in [4.78, 5) is 21.2. The fraction of sp³-hybridized carbons (Fsp3) is 0.733. The Labute approximate surface area is 121 Å². The van der Waals surface area contributed by atoms with Gasteiger partial charge in [0.2, 0.25) is 5.91 Å². The van der Waals surface area contributed by atoms with Gasteiger partial charge in [0.05, 0.1) is 12.6 Å². The summed E-state index contributed by atoms with van der Waals surface area (Å²) in [5.74, 6) is 1.28. The van der Waals surface area contributed by atoms with Crippen molar-refractivity contribution in [2.75, 3.05) is 19.6 Å². The zero-order valence-corrected chi connectivity index (χ0v) is 12.9. The van der Waals surface area contributed by atoms with Gasteiger partial charge in [-0.1, -0.05) is 6.92 Å². The highest BCUT2D eigenvalue weighted by atomic mass is 16.2. The second-order valence-electron chi connectivity index (χ2n) is 5.63. The summed E-state index contributed by atoms with van der Waals surface area (Å²) < 4.78 is 2.02. The maximum Gasteiger partial charge on any atom is 0.239 e. The molecule has 2 rings (SSSR count).